The van der Waals surface area contributed by atoms with Gasteiger partial charge < -0.3 is 14.8 Å². The Morgan fingerprint density at radius 1 is 1.39 bits per heavy atom. The third-order valence-corrected chi connectivity index (χ3v) is 2.01. The minimum Gasteiger partial charge on any atom is -0.465 e. The smallest absolute Gasteiger partial charge is 0.332 e. The molecule has 0 spiro atoms. The molecule has 5 heteroatoms. The highest BCUT2D eigenvalue weighted by atomic mass is 16.5. The molecular weight excluding hydrogens is 234 g/mol. The van der Waals surface area contributed by atoms with Crippen molar-refractivity contribution in [3.63, 3.8) is 0 Å². The van der Waals surface area contributed by atoms with Gasteiger partial charge in [-0.15, -0.1) is 0 Å². The third-order valence-electron chi connectivity index (χ3n) is 2.01. The van der Waals surface area contributed by atoms with Crippen molar-refractivity contribution in [1.82, 2.24) is 5.32 Å². The molecule has 1 atom stereocenters. The number of para-hydroxylation sites is 1. The molecule has 0 aliphatic rings. The lowest BCUT2D eigenvalue weighted by Gasteiger charge is -2.09. The summed E-state index contributed by atoms with van der Waals surface area (Å²) in [6.07, 6.45) is 3.20. The Morgan fingerprint density at radius 2 is 2.11 bits per heavy atom. The fourth-order valence-corrected chi connectivity index (χ4v) is 1.20. The first-order valence-corrected chi connectivity index (χ1v) is 5.52. The zero-order valence-corrected chi connectivity index (χ0v) is 10.0. The minimum atomic E-state index is -0.842. The summed E-state index contributed by atoms with van der Waals surface area (Å²) < 4.78 is 10.1. The van der Waals surface area contributed by atoms with E-state index in [4.69, 9.17) is 9.47 Å². The fourth-order valence-electron chi connectivity index (χ4n) is 1.20. The summed E-state index contributed by atoms with van der Waals surface area (Å²) in [7, 11) is 0. The summed E-state index contributed by atoms with van der Waals surface area (Å²) >= 11 is 0. The van der Waals surface area contributed by atoms with Gasteiger partial charge in [0.25, 0.3) is 0 Å². The number of hydrogen-bond acceptors (Lipinski definition) is 4. The molecule has 1 aromatic carbocycles. The van der Waals surface area contributed by atoms with E-state index in [2.05, 4.69) is 5.32 Å². The number of benzene rings is 1. The molecule has 1 unspecified atom stereocenters. The lowest BCUT2D eigenvalue weighted by atomic mass is 10.3. The molecule has 0 radical (unpaired) electrons. The predicted octanol–water partition coefficient (Wildman–Crippen LogP) is 1.26. The van der Waals surface area contributed by atoms with Crippen LogP contribution in [-0.4, -0.2) is 25.0 Å². The number of ether oxygens (including phenoxy) is 2. The molecule has 1 amide bonds. The van der Waals surface area contributed by atoms with Crippen LogP contribution in [0.5, 0.6) is 5.75 Å². The van der Waals surface area contributed by atoms with Gasteiger partial charge in [0.1, 0.15) is 11.8 Å². The molecule has 0 saturated carbocycles. The molecule has 0 saturated heterocycles. The first-order chi connectivity index (χ1) is 8.77. The number of carbonyl (C=O) groups excluding carboxylic acids is 2. The van der Waals surface area contributed by atoms with E-state index in [1.807, 2.05) is 18.2 Å². The van der Waals surface area contributed by atoms with Crippen LogP contribution in [0.1, 0.15) is 6.92 Å². The molecule has 96 valence electrons. The summed E-state index contributed by atoms with van der Waals surface area (Å²) in [5, 5.41) is 2.33. The molecule has 0 fully saturated rings. The first-order valence-electron chi connectivity index (χ1n) is 5.52. The van der Waals surface area contributed by atoms with Crippen LogP contribution in [0, 0.1) is 0 Å². The van der Waals surface area contributed by atoms with Gasteiger partial charge in [0, 0.05) is 0 Å². The van der Waals surface area contributed by atoms with E-state index in [1.165, 1.54) is 12.3 Å². The van der Waals surface area contributed by atoms with Gasteiger partial charge in [-0.25, -0.2) is 4.79 Å². The Bertz CT molecular complexity index is 403. The molecule has 0 aliphatic heterocycles. The van der Waals surface area contributed by atoms with Gasteiger partial charge in [-0.05, 0) is 25.1 Å². The quantitative estimate of drug-likeness (QED) is 0.449. The van der Waals surface area contributed by atoms with Crippen LogP contribution in [0.25, 0.3) is 0 Å². The van der Waals surface area contributed by atoms with E-state index >= 15 is 0 Å². The maximum atomic E-state index is 11.4. The zero-order chi connectivity index (χ0) is 13.2. The van der Waals surface area contributed by atoms with Crippen molar-refractivity contribution >= 4 is 12.4 Å². The van der Waals surface area contributed by atoms with Crippen LogP contribution in [0.3, 0.4) is 0 Å². The van der Waals surface area contributed by atoms with Crippen LogP contribution in [0.15, 0.2) is 42.7 Å². The molecular formula is C13H15NO4. The normalized spacial score (nSPS) is 11.8. The fraction of sp³-hybridized carbons (Fsp3) is 0.231. The number of nitrogens with one attached hydrogen (secondary N) is 1. The number of rotatable bonds is 7. The highest BCUT2D eigenvalue weighted by Crippen LogP contribution is 2.08. The van der Waals surface area contributed by atoms with E-state index in [1.54, 1.807) is 19.1 Å². The van der Waals surface area contributed by atoms with Crippen LogP contribution in [0.2, 0.25) is 0 Å². The van der Waals surface area contributed by atoms with Crippen molar-refractivity contribution in [1.29, 1.82) is 0 Å². The second kappa shape index (κ2) is 7.89. The average molecular weight is 249 g/mol. The molecule has 1 aromatic rings. The van der Waals surface area contributed by atoms with Crippen molar-refractivity contribution < 1.29 is 19.1 Å². The Kier molecular flexibility index (Phi) is 6.03. The number of amides is 1. The number of carbonyl (C=O) groups is 2. The van der Waals surface area contributed by atoms with Crippen molar-refractivity contribution in [2.45, 2.75) is 13.0 Å². The van der Waals surface area contributed by atoms with Gasteiger partial charge in [0.05, 0.1) is 12.9 Å². The van der Waals surface area contributed by atoms with Crippen LogP contribution in [-0.2, 0) is 14.3 Å². The average Bonchev–Trinajstić information content (AvgIpc) is 2.39. The highest BCUT2D eigenvalue weighted by Gasteiger charge is 2.15. The first kappa shape index (κ1) is 13.8. The monoisotopic (exact) mass is 249 g/mol. The Hall–Kier alpha value is -2.30. The summed E-state index contributed by atoms with van der Waals surface area (Å²) in [5.41, 5.74) is 0. The Morgan fingerprint density at radius 3 is 2.72 bits per heavy atom. The Balaban J connectivity index is 2.55. The molecule has 0 aliphatic carbocycles. The topological polar surface area (TPSA) is 64.6 Å². The molecule has 18 heavy (non-hydrogen) atoms. The van der Waals surface area contributed by atoms with Gasteiger partial charge in [-0.1, -0.05) is 18.2 Å². The molecule has 1 rings (SSSR count). The summed E-state index contributed by atoms with van der Waals surface area (Å²) in [5.74, 6) is 0.111. The largest absolute Gasteiger partial charge is 0.465 e. The molecule has 0 bridgehead atoms. The van der Waals surface area contributed by atoms with Gasteiger partial charge in [0.2, 0.25) is 6.41 Å². The molecule has 5 nitrogen and oxygen atoms in total. The van der Waals surface area contributed by atoms with Crippen LogP contribution in [0.4, 0.5) is 0 Å². The summed E-state index contributed by atoms with van der Waals surface area (Å²) in [6.45, 7) is 1.95. The van der Waals surface area contributed by atoms with Crippen molar-refractivity contribution in [2.75, 3.05) is 6.61 Å². The summed E-state index contributed by atoms with van der Waals surface area (Å²) in [4.78, 5) is 21.8. The third kappa shape index (κ3) is 4.69. The molecule has 1 N–H and O–H groups in total. The summed E-state index contributed by atoms with van der Waals surface area (Å²) in [6, 6.07) is 8.23. The van der Waals surface area contributed by atoms with Crippen molar-refractivity contribution in [3.05, 3.63) is 42.7 Å². The van der Waals surface area contributed by atoms with E-state index in [9.17, 15) is 9.59 Å². The van der Waals surface area contributed by atoms with Gasteiger partial charge in [-0.3, -0.25) is 4.79 Å². The van der Waals surface area contributed by atoms with E-state index in [0.29, 0.717) is 12.2 Å². The van der Waals surface area contributed by atoms with E-state index < -0.39 is 12.0 Å². The molecule has 0 aromatic heterocycles. The second-order valence-electron chi connectivity index (χ2n) is 3.27. The lowest BCUT2D eigenvalue weighted by molar-refractivity contribution is -0.145. The SMILES string of the molecule is CCOC(=O)C(/C=C/Oc1ccccc1)NC=O. The molecule has 0 heterocycles. The van der Waals surface area contributed by atoms with Crippen LogP contribution >= 0.6 is 0 Å². The van der Waals surface area contributed by atoms with Crippen molar-refractivity contribution in [2.24, 2.45) is 0 Å². The van der Waals surface area contributed by atoms with Gasteiger partial charge >= 0.3 is 5.97 Å². The highest BCUT2D eigenvalue weighted by molar-refractivity contribution is 5.80. The number of esters is 1. The van der Waals surface area contributed by atoms with Crippen LogP contribution < -0.4 is 10.1 Å². The maximum Gasteiger partial charge on any atom is 0.332 e. The maximum absolute atomic E-state index is 11.4. The van der Waals surface area contributed by atoms with Gasteiger partial charge in [-0.2, -0.15) is 0 Å². The minimum absolute atomic E-state index is 0.253. The van der Waals surface area contributed by atoms with E-state index in [0.717, 1.165) is 0 Å². The predicted molar refractivity (Wildman–Crippen MR) is 65.8 cm³/mol. The standard InChI is InChI=1S/C13H15NO4/c1-2-17-13(16)12(14-10-15)8-9-18-11-6-4-3-5-7-11/h3-10,12H,2H2,1H3,(H,14,15)/b9-8+. The Labute approximate surface area is 105 Å². The van der Waals surface area contributed by atoms with E-state index in [-0.39, 0.29) is 6.61 Å². The second-order valence-corrected chi connectivity index (χ2v) is 3.27. The van der Waals surface area contributed by atoms with Gasteiger partial charge in [0.15, 0.2) is 0 Å². The number of hydrogen-bond donors (Lipinski definition) is 1. The lowest BCUT2D eigenvalue weighted by Crippen LogP contribution is -2.35. The zero-order valence-electron chi connectivity index (χ0n) is 10.0. The van der Waals surface area contributed by atoms with Crippen molar-refractivity contribution in [3.8, 4) is 5.75 Å².